The molecule has 0 bridgehead atoms. The molecule has 0 aliphatic rings. The number of carbonyl (C=O) groups is 3. The summed E-state index contributed by atoms with van der Waals surface area (Å²) in [4.78, 5) is 33.6. The molecule has 0 aromatic rings. The number of aliphatic hydroxyl groups is 1. The molecule has 115 valence electrons. The summed E-state index contributed by atoms with van der Waals surface area (Å²) in [5.74, 6) is -4.25. The fourth-order valence-electron chi connectivity index (χ4n) is 1.46. The Morgan fingerprint density at radius 1 is 0.762 bits per heavy atom. The first-order valence-electron chi connectivity index (χ1n) is 5.50. The summed E-state index contributed by atoms with van der Waals surface area (Å²) in [7, 11) is 0. The summed E-state index contributed by atoms with van der Waals surface area (Å²) in [5, 5.41) is 40.0. The van der Waals surface area contributed by atoms with Crippen molar-refractivity contribution in [1.29, 1.82) is 0 Å². The van der Waals surface area contributed by atoms with E-state index in [1.54, 1.807) is 0 Å². The maximum Gasteiger partial charge on any atom is 2.00 e. The van der Waals surface area contributed by atoms with Gasteiger partial charge in [0, 0.05) is 39.3 Å². The summed E-state index contributed by atoms with van der Waals surface area (Å²) >= 11 is 0. The average molecular weight is 353 g/mol. The van der Waals surface area contributed by atoms with Gasteiger partial charge in [-0.1, -0.05) is 0 Å². The summed E-state index contributed by atoms with van der Waals surface area (Å²) in [6.07, 6.45) is 0. The molecular weight excluding hydrogens is 338 g/mol. The van der Waals surface area contributed by atoms with E-state index < -0.39 is 37.5 Å². The van der Waals surface area contributed by atoms with Gasteiger partial charge in [0.25, 0.3) is 0 Å². The predicted octanol–water partition coefficient (Wildman–Crippen LogP) is -9.17. The van der Waals surface area contributed by atoms with Crippen molar-refractivity contribution in [1.82, 2.24) is 9.80 Å². The zero-order chi connectivity index (χ0) is 14.8. The van der Waals surface area contributed by atoms with Crippen LogP contribution in [-0.4, -0.2) is 78.7 Å². The SMILES string of the molecule is O=C([O-])CN(CCO)CCN(CC(=O)[O-])CC(=O)[O-].[Mn+2].[Na+]. The van der Waals surface area contributed by atoms with Crippen molar-refractivity contribution in [2.45, 2.75) is 0 Å². The second-order valence-corrected chi connectivity index (χ2v) is 3.83. The largest absolute Gasteiger partial charge is 2.00 e. The summed E-state index contributed by atoms with van der Waals surface area (Å²) in [6, 6.07) is 0. The second kappa shape index (κ2) is 14.7. The van der Waals surface area contributed by atoms with Gasteiger partial charge in [-0.05, 0) is 0 Å². The summed E-state index contributed by atoms with van der Waals surface area (Å²) in [6.45, 7) is -1.83. The molecule has 0 heterocycles. The Balaban J connectivity index is -0.00000162. The Morgan fingerprint density at radius 3 is 1.43 bits per heavy atom. The maximum atomic E-state index is 10.4. The molecular formula is C10H15MnN2NaO7. The van der Waals surface area contributed by atoms with Crippen LogP contribution in [0.15, 0.2) is 0 Å². The van der Waals surface area contributed by atoms with Gasteiger partial charge in [0.05, 0.1) is 24.5 Å². The van der Waals surface area contributed by atoms with E-state index in [9.17, 15) is 29.7 Å². The minimum atomic E-state index is -1.45. The molecule has 9 nitrogen and oxygen atoms in total. The van der Waals surface area contributed by atoms with Crippen molar-refractivity contribution in [3.8, 4) is 0 Å². The summed E-state index contributed by atoms with van der Waals surface area (Å²) in [5.41, 5.74) is 0. The molecule has 0 aliphatic carbocycles. The van der Waals surface area contributed by atoms with E-state index >= 15 is 0 Å². The molecule has 0 aliphatic heterocycles. The molecule has 0 saturated carbocycles. The number of carbonyl (C=O) groups excluding carboxylic acids is 3. The molecule has 0 spiro atoms. The van der Waals surface area contributed by atoms with Crippen LogP contribution < -0.4 is 44.9 Å². The topological polar surface area (TPSA) is 147 Å². The number of nitrogens with zero attached hydrogens (tertiary/aromatic N) is 2. The van der Waals surface area contributed by atoms with Crippen LogP contribution in [0, 0.1) is 0 Å². The minimum absolute atomic E-state index is 0. The first kappa shape index (κ1) is 25.7. The van der Waals surface area contributed by atoms with Crippen LogP contribution in [-0.2, 0) is 31.5 Å². The van der Waals surface area contributed by atoms with Gasteiger partial charge in [-0.25, -0.2) is 0 Å². The Labute approximate surface area is 154 Å². The number of rotatable bonds is 11. The van der Waals surface area contributed by atoms with E-state index in [-0.39, 0.29) is 72.9 Å². The van der Waals surface area contributed by atoms with E-state index in [0.717, 1.165) is 4.90 Å². The van der Waals surface area contributed by atoms with Crippen LogP contribution in [0.25, 0.3) is 0 Å². The summed E-state index contributed by atoms with van der Waals surface area (Å²) < 4.78 is 0. The van der Waals surface area contributed by atoms with E-state index in [1.165, 1.54) is 4.90 Å². The van der Waals surface area contributed by atoms with E-state index in [4.69, 9.17) is 5.11 Å². The smallest absolute Gasteiger partial charge is 0.549 e. The zero-order valence-corrected chi connectivity index (χ0v) is 14.8. The minimum Gasteiger partial charge on any atom is -0.549 e. The van der Waals surface area contributed by atoms with Crippen LogP contribution in [0.4, 0.5) is 0 Å². The first-order valence-corrected chi connectivity index (χ1v) is 5.50. The number of hydrogen-bond donors (Lipinski definition) is 1. The molecule has 0 saturated heterocycles. The van der Waals surface area contributed by atoms with Crippen LogP contribution in [0.3, 0.4) is 0 Å². The van der Waals surface area contributed by atoms with Crippen molar-refractivity contribution in [2.24, 2.45) is 0 Å². The Bertz CT molecular complexity index is 317. The number of carboxylic acids is 3. The van der Waals surface area contributed by atoms with E-state index in [1.807, 2.05) is 0 Å². The van der Waals surface area contributed by atoms with Crippen LogP contribution in [0.2, 0.25) is 0 Å². The molecule has 0 fully saturated rings. The van der Waals surface area contributed by atoms with Gasteiger partial charge in [0.1, 0.15) is 0 Å². The standard InChI is InChI=1S/C10H18N2O7.Mn.Na/c13-4-3-11(5-8(14)15)1-2-12(6-9(16)17)7-10(18)19;;/h13H,1-7H2,(H,14,15)(H,16,17)(H,18,19);;/q;+2;+1/p-3. The van der Waals surface area contributed by atoms with Crippen molar-refractivity contribution < 1.29 is 81.4 Å². The Morgan fingerprint density at radius 2 is 1.10 bits per heavy atom. The van der Waals surface area contributed by atoms with Crippen LogP contribution in [0.5, 0.6) is 0 Å². The van der Waals surface area contributed by atoms with E-state index in [2.05, 4.69) is 0 Å². The van der Waals surface area contributed by atoms with Gasteiger partial charge in [-0.3, -0.25) is 9.80 Å². The molecule has 0 unspecified atom stereocenters. The zero-order valence-electron chi connectivity index (χ0n) is 11.6. The second-order valence-electron chi connectivity index (χ2n) is 3.83. The number of aliphatic hydroxyl groups excluding tert-OH is 1. The van der Waals surface area contributed by atoms with Gasteiger partial charge in [-0.15, -0.1) is 0 Å². The molecule has 1 N–H and O–H groups in total. The molecule has 0 aromatic carbocycles. The third-order valence-electron chi connectivity index (χ3n) is 2.21. The molecule has 0 rings (SSSR count). The predicted molar refractivity (Wildman–Crippen MR) is 55.0 cm³/mol. The normalized spacial score (nSPS) is 9.86. The van der Waals surface area contributed by atoms with Gasteiger partial charge in [0.2, 0.25) is 0 Å². The number of hydrogen-bond acceptors (Lipinski definition) is 9. The van der Waals surface area contributed by atoms with Crippen LogP contribution in [0.1, 0.15) is 0 Å². The molecule has 11 heteroatoms. The third-order valence-corrected chi connectivity index (χ3v) is 2.21. The van der Waals surface area contributed by atoms with Gasteiger partial charge >= 0.3 is 46.6 Å². The van der Waals surface area contributed by atoms with Gasteiger partial charge in [0.15, 0.2) is 0 Å². The Kier molecular flexibility index (Phi) is 18.1. The number of carboxylic acid groups (broad SMARTS) is 3. The first-order chi connectivity index (χ1) is 8.85. The van der Waals surface area contributed by atoms with Crippen molar-refractivity contribution in [2.75, 3.05) is 45.9 Å². The van der Waals surface area contributed by atoms with Crippen molar-refractivity contribution in [3.05, 3.63) is 0 Å². The monoisotopic (exact) mass is 353 g/mol. The molecule has 0 aromatic heterocycles. The van der Waals surface area contributed by atoms with Crippen molar-refractivity contribution >= 4 is 17.9 Å². The maximum absolute atomic E-state index is 10.4. The molecule has 1 radical (unpaired) electrons. The van der Waals surface area contributed by atoms with Gasteiger partial charge in [-0.2, -0.15) is 0 Å². The molecule has 0 amide bonds. The van der Waals surface area contributed by atoms with Gasteiger partial charge < -0.3 is 34.8 Å². The molecule has 0 atom stereocenters. The van der Waals surface area contributed by atoms with E-state index in [0.29, 0.717) is 0 Å². The quantitative estimate of drug-likeness (QED) is 0.358. The van der Waals surface area contributed by atoms with Crippen LogP contribution >= 0.6 is 0 Å². The average Bonchev–Trinajstić information content (AvgIpc) is 2.23. The van der Waals surface area contributed by atoms with Crippen molar-refractivity contribution in [3.63, 3.8) is 0 Å². The fraction of sp³-hybridized carbons (Fsp3) is 0.700. The molecule has 21 heavy (non-hydrogen) atoms. The number of aliphatic carboxylic acids is 3. The fourth-order valence-corrected chi connectivity index (χ4v) is 1.46. The third kappa shape index (κ3) is 16.0. The Hall–Kier alpha value is -0.191.